The molecule has 2 aromatic rings. The molecule has 1 fully saturated rings. The van der Waals surface area contributed by atoms with E-state index in [0.29, 0.717) is 37.8 Å². The SMILES string of the molecule is Cc1nnc(CN(C)C2CN(C(=O)CCCn3cccc3)C[C@H]2O)o1. The zero-order chi connectivity index (χ0) is 17.8. The molecule has 1 unspecified atom stereocenters. The van der Waals surface area contributed by atoms with Gasteiger partial charge in [0.1, 0.15) is 0 Å². The fourth-order valence-corrected chi connectivity index (χ4v) is 3.23. The number of aliphatic hydroxyl groups excluding tert-OH is 1. The van der Waals surface area contributed by atoms with Gasteiger partial charge in [-0.25, -0.2) is 0 Å². The van der Waals surface area contributed by atoms with Crippen molar-refractivity contribution in [3.63, 3.8) is 0 Å². The van der Waals surface area contributed by atoms with E-state index in [1.54, 1.807) is 11.8 Å². The highest BCUT2D eigenvalue weighted by Gasteiger charge is 2.36. The van der Waals surface area contributed by atoms with Crippen LogP contribution in [0, 0.1) is 6.92 Å². The van der Waals surface area contributed by atoms with Crippen LogP contribution in [0.2, 0.25) is 0 Å². The van der Waals surface area contributed by atoms with Gasteiger partial charge in [-0.2, -0.15) is 0 Å². The van der Waals surface area contributed by atoms with E-state index in [0.717, 1.165) is 13.0 Å². The van der Waals surface area contributed by atoms with Crippen molar-refractivity contribution in [1.29, 1.82) is 0 Å². The highest BCUT2D eigenvalue weighted by molar-refractivity contribution is 5.76. The second-order valence-corrected chi connectivity index (χ2v) is 6.59. The molecule has 25 heavy (non-hydrogen) atoms. The zero-order valence-corrected chi connectivity index (χ0v) is 14.7. The quantitative estimate of drug-likeness (QED) is 0.792. The van der Waals surface area contributed by atoms with Gasteiger partial charge >= 0.3 is 0 Å². The summed E-state index contributed by atoms with van der Waals surface area (Å²) in [6, 6.07) is 3.83. The van der Waals surface area contributed by atoms with Crippen molar-refractivity contribution in [2.24, 2.45) is 0 Å². The molecule has 8 nitrogen and oxygen atoms in total. The number of hydrogen-bond acceptors (Lipinski definition) is 6. The number of amides is 1. The maximum absolute atomic E-state index is 12.4. The van der Waals surface area contributed by atoms with E-state index in [1.165, 1.54) is 0 Å². The average Bonchev–Trinajstić information content (AvgIpc) is 3.29. The summed E-state index contributed by atoms with van der Waals surface area (Å²) in [6.07, 6.45) is 4.71. The van der Waals surface area contributed by atoms with E-state index in [2.05, 4.69) is 14.8 Å². The van der Waals surface area contributed by atoms with Crippen molar-refractivity contribution in [3.8, 4) is 0 Å². The Bertz CT molecular complexity index is 684. The summed E-state index contributed by atoms with van der Waals surface area (Å²) >= 11 is 0. The molecular formula is C17H25N5O3. The molecule has 2 atom stereocenters. The minimum atomic E-state index is -0.567. The van der Waals surface area contributed by atoms with Gasteiger partial charge in [-0.1, -0.05) is 0 Å². The summed E-state index contributed by atoms with van der Waals surface area (Å²) in [4.78, 5) is 16.1. The third kappa shape index (κ3) is 4.46. The molecule has 2 aromatic heterocycles. The number of carbonyl (C=O) groups excluding carboxylic acids is 1. The van der Waals surface area contributed by atoms with Crippen LogP contribution < -0.4 is 0 Å². The van der Waals surface area contributed by atoms with Crippen LogP contribution in [0.25, 0.3) is 0 Å². The van der Waals surface area contributed by atoms with Gasteiger partial charge in [0, 0.05) is 45.4 Å². The Morgan fingerprint density at radius 2 is 2.12 bits per heavy atom. The molecule has 0 bridgehead atoms. The number of likely N-dealkylation sites (N-methyl/N-ethyl adjacent to an activating group) is 1. The lowest BCUT2D eigenvalue weighted by Crippen LogP contribution is -2.40. The first kappa shape index (κ1) is 17.6. The Balaban J connectivity index is 1.47. The topological polar surface area (TPSA) is 87.6 Å². The van der Waals surface area contributed by atoms with Crippen LogP contribution in [0.15, 0.2) is 28.9 Å². The third-order valence-electron chi connectivity index (χ3n) is 4.60. The minimum Gasteiger partial charge on any atom is -0.424 e. The number of aliphatic hydroxyl groups is 1. The fraction of sp³-hybridized carbons (Fsp3) is 0.588. The van der Waals surface area contributed by atoms with Gasteiger partial charge in [-0.05, 0) is 25.6 Å². The molecule has 136 valence electrons. The van der Waals surface area contributed by atoms with Crippen molar-refractivity contribution < 1.29 is 14.3 Å². The van der Waals surface area contributed by atoms with E-state index < -0.39 is 6.10 Å². The Hall–Kier alpha value is -2.19. The van der Waals surface area contributed by atoms with Gasteiger partial charge in [-0.3, -0.25) is 9.69 Å². The van der Waals surface area contributed by atoms with E-state index in [1.807, 2.05) is 36.5 Å². The standard InChI is InChI=1S/C17H25N5O3/c1-13-18-19-16(25-13)12-20(2)14-10-22(11-15(14)23)17(24)6-5-9-21-7-3-4-8-21/h3-4,7-8,14-15,23H,5-6,9-12H2,1-2H3/t14?,15-/m1/s1. The van der Waals surface area contributed by atoms with Crippen LogP contribution in [0.1, 0.15) is 24.6 Å². The molecule has 1 amide bonds. The molecule has 8 heteroatoms. The van der Waals surface area contributed by atoms with Crippen molar-refractivity contribution in [1.82, 2.24) is 24.6 Å². The zero-order valence-electron chi connectivity index (χ0n) is 14.7. The van der Waals surface area contributed by atoms with Crippen LogP contribution in [-0.4, -0.2) is 67.9 Å². The Morgan fingerprint density at radius 3 is 2.80 bits per heavy atom. The fourth-order valence-electron chi connectivity index (χ4n) is 3.23. The molecule has 0 aromatic carbocycles. The number of nitrogens with zero attached hydrogens (tertiary/aromatic N) is 5. The molecule has 0 spiro atoms. The van der Waals surface area contributed by atoms with Gasteiger partial charge < -0.3 is 19.0 Å². The maximum Gasteiger partial charge on any atom is 0.230 e. The number of aryl methyl sites for hydroxylation is 2. The summed E-state index contributed by atoms with van der Waals surface area (Å²) in [6.45, 7) is 3.93. The molecule has 1 N–H and O–H groups in total. The Labute approximate surface area is 147 Å². The minimum absolute atomic E-state index is 0.0933. The normalized spacial score (nSPS) is 20.6. The second kappa shape index (κ2) is 7.79. The summed E-state index contributed by atoms with van der Waals surface area (Å²) in [5.41, 5.74) is 0. The van der Waals surface area contributed by atoms with Crippen molar-refractivity contribution in [2.45, 2.75) is 45.0 Å². The van der Waals surface area contributed by atoms with Crippen LogP contribution in [-0.2, 0) is 17.9 Å². The summed E-state index contributed by atoms with van der Waals surface area (Å²) in [5, 5.41) is 18.1. The second-order valence-electron chi connectivity index (χ2n) is 6.59. The molecule has 0 saturated carbocycles. The maximum atomic E-state index is 12.4. The van der Waals surface area contributed by atoms with Crippen LogP contribution >= 0.6 is 0 Å². The lowest BCUT2D eigenvalue weighted by molar-refractivity contribution is -0.130. The number of aromatic nitrogens is 3. The first-order chi connectivity index (χ1) is 12.0. The molecule has 1 saturated heterocycles. The summed E-state index contributed by atoms with van der Waals surface area (Å²) < 4.78 is 7.45. The van der Waals surface area contributed by atoms with E-state index in [9.17, 15) is 9.90 Å². The predicted octanol–water partition coefficient (Wildman–Crippen LogP) is 0.663. The average molecular weight is 347 g/mol. The number of β-amino-alcohol motifs (C(OH)–C–C–N with tert-alkyl or cyclic N) is 1. The van der Waals surface area contributed by atoms with Crippen LogP contribution in [0.3, 0.4) is 0 Å². The molecule has 3 heterocycles. The van der Waals surface area contributed by atoms with E-state index in [-0.39, 0.29) is 11.9 Å². The van der Waals surface area contributed by atoms with E-state index in [4.69, 9.17) is 4.42 Å². The Morgan fingerprint density at radius 1 is 1.36 bits per heavy atom. The van der Waals surface area contributed by atoms with Crippen LogP contribution in [0.5, 0.6) is 0 Å². The number of carbonyl (C=O) groups is 1. The van der Waals surface area contributed by atoms with E-state index >= 15 is 0 Å². The van der Waals surface area contributed by atoms with Crippen molar-refractivity contribution >= 4 is 5.91 Å². The Kier molecular flexibility index (Phi) is 5.50. The monoisotopic (exact) mass is 347 g/mol. The molecule has 0 radical (unpaired) electrons. The lowest BCUT2D eigenvalue weighted by atomic mass is 10.2. The van der Waals surface area contributed by atoms with Crippen molar-refractivity contribution in [3.05, 3.63) is 36.3 Å². The molecule has 1 aliphatic heterocycles. The number of hydrogen-bond donors (Lipinski definition) is 1. The molecule has 1 aliphatic rings. The summed E-state index contributed by atoms with van der Waals surface area (Å²) in [5.74, 6) is 1.13. The molecule has 0 aliphatic carbocycles. The highest BCUT2D eigenvalue weighted by atomic mass is 16.4. The number of likely N-dealkylation sites (tertiary alicyclic amines) is 1. The molecular weight excluding hydrogens is 322 g/mol. The van der Waals surface area contributed by atoms with Gasteiger partial charge in [0.2, 0.25) is 17.7 Å². The van der Waals surface area contributed by atoms with Crippen LogP contribution in [0.4, 0.5) is 0 Å². The van der Waals surface area contributed by atoms with Gasteiger partial charge in [0.05, 0.1) is 18.7 Å². The first-order valence-electron chi connectivity index (χ1n) is 8.59. The predicted molar refractivity (Wildman–Crippen MR) is 90.5 cm³/mol. The van der Waals surface area contributed by atoms with Gasteiger partial charge in [0.25, 0.3) is 0 Å². The largest absolute Gasteiger partial charge is 0.424 e. The molecule has 3 rings (SSSR count). The first-order valence-corrected chi connectivity index (χ1v) is 8.59. The lowest BCUT2D eigenvalue weighted by Gasteiger charge is -2.24. The summed E-state index contributed by atoms with van der Waals surface area (Å²) in [7, 11) is 1.90. The highest BCUT2D eigenvalue weighted by Crippen LogP contribution is 2.18. The van der Waals surface area contributed by atoms with Gasteiger partial charge in [0.15, 0.2) is 0 Å². The number of rotatable bonds is 7. The van der Waals surface area contributed by atoms with Crippen molar-refractivity contribution in [2.75, 3.05) is 20.1 Å². The smallest absolute Gasteiger partial charge is 0.230 e. The van der Waals surface area contributed by atoms with Gasteiger partial charge in [-0.15, -0.1) is 10.2 Å². The third-order valence-corrected chi connectivity index (χ3v) is 4.60.